The minimum absolute atomic E-state index is 0.0547. The van der Waals surface area contributed by atoms with Gasteiger partial charge in [0.05, 0.1) is 20.8 Å². The van der Waals surface area contributed by atoms with Crippen molar-refractivity contribution in [1.82, 2.24) is 10.2 Å². The van der Waals surface area contributed by atoms with Crippen LogP contribution in [0.25, 0.3) is 0 Å². The quantitative estimate of drug-likeness (QED) is 0.778. The molecule has 0 radical (unpaired) electrons. The molecule has 1 saturated heterocycles. The highest BCUT2D eigenvalue weighted by Crippen LogP contribution is 2.27. The maximum Gasteiger partial charge on any atom is 0.223 e. The zero-order valence-corrected chi connectivity index (χ0v) is 15.7. The highest BCUT2D eigenvalue weighted by Gasteiger charge is 2.26. The number of ether oxygens (including phenoxy) is 3. The second-order valence-corrected chi connectivity index (χ2v) is 6.59. The summed E-state index contributed by atoms with van der Waals surface area (Å²) in [6.07, 6.45) is 1.76. The van der Waals surface area contributed by atoms with Gasteiger partial charge in [0.15, 0.2) is 0 Å². The molecule has 1 fully saturated rings. The molecule has 0 bridgehead atoms. The molecule has 1 unspecified atom stereocenters. The molecule has 1 aromatic carbocycles. The van der Waals surface area contributed by atoms with Gasteiger partial charge in [-0.05, 0) is 38.9 Å². The van der Waals surface area contributed by atoms with Gasteiger partial charge < -0.3 is 19.5 Å². The number of amides is 1. The van der Waals surface area contributed by atoms with Gasteiger partial charge in [0.2, 0.25) is 5.91 Å². The summed E-state index contributed by atoms with van der Waals surface area (Å²) in [4.78, 5) is 14.7. The van der Waals surface area contributed by atoms with Gasteiger partial charge in [-0.15, -0.1) is 0 Å². The molecule has 0 saturated carbocycles. The maximum atomic E-state index is 12.3. The number of carbonyl (C=O) groups excluding carboxylic acids is 1. The highest BCUT2D eigenvalue weighted by atomic mass is 16.5. The number of carbonyl (C=O) groups is 1. The smallest absolute Gasteiger partial charge is 0.223 e. The molecule has 0 aromatic heterocycles. The van der Waals surface area contributed by atoms with Crippen molar-refractivity contribution < 1.29 is 19.0 Å². The first-order valence-corrected chi connectivity index (χ1v) is 8.80. The van der Waals surface area contributed by atoms with Crippen LogP contribution < -0.4 is 14.8 Å². The van der Waals surface area contributed by atoms with Crippen molar-refractivity contribution in [2.24, 2.45) is 5.92 Å². The lowest BCUT2D eigenvalue weighted by molar-refractivity contribution is -0.127. The van der Waals surface area contributed by atoms with E-state index in [-0.39, 0.29) is 17.9 Å². The van der Waals surface area contributed by atoms with Crippen LogP contribution in [0.5, 0.6) is 11.5 Å². The lowest BCUT2D eigenvalue weighted by Crippen LogP contribution is -2.44. The highest BCUT2D eigenvalue weighted by molar-refractivity contribution is 5.79. The average molecular weight is 350 g/mol. The Balaban J connectivity index is 1.85. The number of nitrogens with one attached hydrogen (secondary N) is 1. The largest absolute Gasteiger partial charge is 0.497 e. The van der Waals surface area contributed by atoms with Crippen molar-refractivity contribution in [3.8, 4) is 11.5 Å². The van der Waals surface area contributed by atoms with Gasteiger partial charge in [-0.1, -0.05) is 6.07 Å². The number of piperidine rings is 1. The van der Waals surface area contributed by atoms with Crippen molar-refractivity contribution in [1.29, 1.82) is 0 Å². The summed E-state index contributed by atoms with van der Waals surface area (Å²) in [6.45, 7) is 5.15. The molecule has 1 amide bonds. The topological polar surface area (TPSA) is 60.0 Å². The summed E-state index contributed by atoms with van der Waals surface area (Å²) < 4.78 is 15.8. The number of rotatable bonds is 8. The molecule has 1 aliphatic heterocycles. The lowest BCUT2D eigenvalue weighted by atomic mass is 9.95. The molecule has 25 heavy (non-hydrogen) atoms. The summed E-state index contributed by atoms with van der Waals surface area (Å²) >= 11 is 0. The molecule has 1 heterocycles. The Hall–Kier alpha value is -1.79. The Kier molecular flexibility index (Phi) is 7.52. The molecule has 6 heteroatoms. The number of benzene rings is 1. The van der Waals surface area contributed by atoms with Crippen LogP contribution in [-0.2, 0) is 16.1 Å². The Labute approximate surface area is 150 Å². The zero-order chi connectivity index (χ0) is 18.2. The van der Waals surface area contributed by atoms with E-state index in [1.54, 1.807) is 21.3 Å². The molecule has 0 aliphatic carbocycles. The second kappa shape index (κ2) is 9.63. The number of nitrogens with zero attached hydrogens (tertiary/aromatic N) is 1. The standard InChI is InChI=1S/C19H30N2O4/c1-14(13-23-2)20-19(22)15-7-9-21(10-8-15)12-16-5-6-17(24-3)11-18(16)25-4/h5-6,11,14-15H,7-10,12-13H2,1-4H3,(H,20,22). The van der Waals surface area contributed by atoms with E-state index in [0.29, 0.717) is 6.61 Å². The fraction of sp³-hybridized carbons (Fsp3) is 0.632. The van der Waals surface area contributed by atoms with E-state index in [2.05, 4.69) is 10.2 Å². The number of hydrogen-bond acceptors (Lipinski definition) is 5. The summed E-state index contributed by atoms with van der Waals surface area (Å²) in [7, 11) is 4.97. The number of hydrogen-bond donors (Lipinski definition) is 1. The van der Waals surface area contributed by atoms with Crippen molar-refractivity contribution in [3.63, 3.8) is 0 Å². The molecule has 0 spiro atoms. The Morgan fingerprint density at radius 2 is 1.96 bits per heavy atom. The van der Waals surface area contributed by atoms with Crippen LogP contribution in [0.1, 0.15) is 25.3 Å². The molecule has 1 N–H and O–H groups in total. The Morgan fingerprint density at radius 1 is 1.24 bits per heavy atom. The predicted octanol–water partition coefficient (Wildman–Crippen LogP) is 2.07. The third kappa shape index (κ3) is 5.61. The van der Waals surface area contributed by atoms with Crippen LogP contribution >= 0.6 is 0 Å². The van der Waals surface area contributed by atoms with Crippen LogP contribution in [0.3, 0.4) is 0 Å². The molecule has 2 rings (SSSR count). The fourth-order valence-electron chi connectivity index (χ4n) is 3.23. The van der Waals surface area contributed by atoms with Gasteiger partial charge in [0.1, 0.15) is 11.5 Å². The molecule has 140 valence electrons. The first kappa shape index (κ1) is 19.5. The second-order valence-electron chi connectivity index (χ2n) is 6.59. The predicted molar refractivity (Wildman–Crippen MR) is 97.0 cm³/mol. The van der Waals surface area contributed by atoms with E-state index >= 15 is 0 Å². The molecule has 6 nitrogen and oxygen atoms in total. The fourth-order valence-corrected chi connectivity index (χ4v) is 3.23. The van der Waals surface area contributed by atoms with Gasteiger partial charge in [-0.3, -0.25) is 9.69 Å². The van der Waals surface area contributed by atoms with Crippen LogP contribution in [0, 0.1) is 5.92 Å². The molecular weight excluding hydrogens is 320 g/mol. The minimum Gasteiger partial charge on any atom is -0.497 e. The van der Waals surface area contributed by atoms with E-state index in [1.807, 2.05) is 25.1 Å². The first-order valence-electron chi connectivity index (χ1n) is 8.80. The molecular formula is C19H30N2O4. The average Bonchev–Trinajstić information content (AvgIpc) is 2.62. The molecule has 1 aliphatic rings. The Morgan fingerprint density at radius 3 is 2.56 bits per heavy atom. The van der Waals surface area contributed by atoms with E-state index in [0.717, 1.165) is 49.5 Å². The third-order valence-electron chi connectivity index (χ3n) is 4.65. The van der Waals surface area contributed by atoms with Gasteiger partial charge in [-0.2, -0.15) is 0 Å². The summed E-state index contributed by atoms with van der Waals surface area (Å²) in [5.74, 6) is 1.87. The van der Waals surface area contributed by atoms with E-state index < -0.39 is 0 Å². The zero-order valence-electron chi connectivity index (χ0n) is 15.7. The monoisotopic (exact) mass is 350 g/mol. The number of likely N-dealkylation sites (tertiary alicyclic amines) is 1. The van der Waals surface area contributed by atoms with Crippen molar-refractivity contribution in [2.45, 2.75) is 32.4 Å². The van der Waals surface area contributed by atoms with Gasteiger partial charge in [0, 0.05) is 37.2 Å². The van der Waals surface area contributed by atoms with Crippen molar-refractivity contribution in [2.75, 3.05) is 41.0 Å². The van der Waals surface area contributed by atoms with Crippen LogP contribution in [-0.4, -0.2) is 57.9 Å². The lowest BCUT2D eigenvalue weighted by Gasteiger charge is -2.32. The summed E-state index contributed by atoms with van der Waals surface area (Å²) in [5, 5.41) is 3.03. The van der Waals surface area contributed by atoms with Gasteiger partial charge in [0.25, 0.3) is 0 Å². The SMILES string of the molecule is COCC(C)NC(=O)C1CCN(Cc2ccc(OC)cc2OC)CC1. The Bertz CT molecular complexity index is 556. The van der Waals surface area contributed by atoms with E-state index in [9.17, 15) is 4.79 Å². The van der Waals surface area contributed by atoms with E-state index in [1.165, 1.54) is 0 Å². The normalized spacial score (nSPS) is 17.1. The van der Waals surface area contributed by atoms with Crippen molar-refractivity contribution >= 4 is 5.91 Å². The third-order valence-corrected chi connectivity index (χ3v) is 4.65. The van der Waals surface area contributed by atoms with E-state index in [4.69, 9.17) is 14.2 Å². The maximum absolute atomic E-state index is 12.3. The first-order chi connectivity index (χ1) is 12.1. The number of methoxy groups -OCH3 is 3. The molecule has 1 atom stereocenters. The van der Waals surface area contributed by atoms with Crippen LogP contribution in [0.15, 0.2) is 18.2 Å². The van der Waals surface area contributed by atoms with Crippen LogP contribution in [0.4, 0.5) is 0 Å². The minimum atomic E-state index is 0.0547. The van der Waals surface area contributed by atoms with Gasteiger partial charge in [-0.25, -0.2) is 0 Å². The molecule has 1 aromatic rings. The summed E-state index contributed by atoms with van der Waals surface area (Å²) in [5.41, 5.74) is 1.14. The van der Waals surface area contributed by atoms with Crippen molar-refractivity contribution in [3.05, 3.63) is 23.8 Å². The summed E-state index contributed by atoms with van der Waals surface area (Å²) in [6, 6.07) is 5.96. The van der Waals surface area contributed by atoms with Gasteiger partial charge >= 0.3 is 0 Å². The van der Waals surface area contributed by atoms with Crippen LogP contribution in [0.2, 0.25) is 0 Å².